The van der Waals surface area contributed by atoms with Crippen LogP contribution in [0.1, 0.15) is 31.7 Å². The highest BCUT2D eigenvalue weighted by atomic mass is 16.5. The molecular weight excluding hydrogens is 404 g/mol. The van der Waals surface area contributed by atoms with Gasteiger partial charge in [-0.2, -0.15) is 5.10 Å². The summed E-state index contributed by atoms with van der Waals surface area (Å²) in [5.41, 5.74) is 1.14. The largest absolute Gasteiger partial charge is 0.493 e. The Morgan fingerprint density at radius 3 is 2.42 bits per heavy atom. The van der Waals surface area contributed by atoms with Crippen molar-refractivity contribution in [3.8, 4) is 17.2 Å². The lowest BCUT2D eigenvalue weighted by atomic mass is 10.1. The molecule has 3 rings (SSSR count). The first-order chi connectivity index (χ1) is 14.9. The van der Waals surface area contributed by atoms with Crippen molar-refractivity contribution in [3.63, 3.8) is 0 Å². The maximum absolute atomic E-state index is 12.7. The summed E-state index contributed by atoms with van der Waals surface area (Å²) < 4.78 is 17.5. The van der Waals surface area contributed by atoms with Gasteiger partial charge < -0.3 is 24.8 Å². The van der Waals surface area contributed by atoms with Crippen LogP contribution in [0.4, 0.5) is 16.3 Å². The van der Waals surface area contributed by atoms with Crippen molar-refractivity contribution < 1.29 is 23.8 Å². The minimum Gasteiger partial charge on any atom is -0.493 e. The summed E-state index contributed by atoms with van der Waals surface area (Å²) >= 11 is 0. The zero-order valence-electron chi connectivity index (χ0n) is 18.2. The Kier molecular flexibility index (Phi) is 6.85. The van der Waals surface area contributed by atoms with E-state index in [2.05, 4.69) is 26.4 Å². The van der Waals surface area contributed by atoms with E-state index in [0.29, 0.717) is 40.9 Å². The van der Waals surface area contributed by atoms with Crippen LogP contribution in [0.2, 0.25) is 0 Å². The quantitative estimate of drug-likeness (QED) is 0.528. The van der Waals surface area contributed by atoms with Gasteiger partial charge in [0.2, 0.25) is 11.7 Å². The zero-order chi connectivity index (χ0) is 22.5. The van der Waals surface area contributed by atoms with Gasteiger partial charge in [0.1, 0.15) is 5.82 Å². The number of aromatic nitrogens is 2. The van der Waals surface area contributed by atoms with Crippen LogP contribution in [0.3, 0.4) is 0 Å². The van der Waals surface area contributed by atoms with Crippen LogP contribution in [0.25, 0.3) is 0 Å². The van der Waals surface area contributed by atoms with Crippen LogP contribution in [-0.4, -0.2) is 49.1 Å². The molecule has 31 heavy (non-hydrogen) atoms. The third-order valence-electron chi connectivity index (χ3n) is 4.88. The molecule has 0 bridgehead atoms. The normalized spacial score (nSPS) is 18.2. The Balaban J connectivity index is 1.78. The molecule has 1 fully saturated rings. The maximum atomic E-state index is 12.7. The lowest BCUT2D eigenvalue weighted by molar-refractivity contribution is -0.125. The van der Waals surface area contributed by atoms with Crippen molar-refractivity contribution >= 4 is 23.4 Å². The maximum Gasteiger partial charge on any atom is 0.324 e. The standard InChI is InChI=1S/C20H28N6O5/c1-6-12-10-17(27)24-19(21-12)26-16(7-11(2)25-26)23-20(28)22-13-8-14(29-3)18(31-5)15(9-13)30-4/h7-9,12,19,21H,6,10H2,1-5H3,(H,24,27)(H2,22,23,28). The molecule has 2 heterocycles. The third-order valence-corrected chi connectivity index (χ3v) is 4.88. The lowest BCUT2D eigenvalue weighted by Gasteiger charge is -2.31. The molecule has 1 aliphatic heterocycles. The molecule has 3 amide bonds. The number of amides is 3. The Morgan fingerprint density at radius 1 is 1.16 bits per heavy atom. The number of benzene rings is 1. The second-order valence-electron chi connectivity index (χ2n) is 7.05. The van der Waals surface area contributed by atoms with Gasteiger partial charge in [0.15, 0.2) is 17.8 Å². The monoisotopic (exact) mass is 432 g/mol. The van der Waals surface area contributed by atoms with Gasteiger partial charge in [0.05, 0.1) is 32.7 Å². The average molecular weight is 432 g/mol. The molecule has 0 radical (unpaired) electrons. The van der Waals surface area contributed by atoms with Gasteiger partial charge in [-0.3, -0.25) is 15.4 Å². The highest BCUT2D eigenvalue weighted by molar-refractivity contribution is 5.99. The average Bonchev–Trinajstić information content (AvgIpc) is 3.12. The van der Waals surface area contributed by atoms with Gasteiger partial charge in [-0.15, -0.1) is 0 Å². The van der Waals surface area contributed by atoms with E-state index < -0.39 is 12.3 Å². The van der Waals surface area contributed by atoms with Crippen LogP contribution in [0.5, 0.6) is 17.2 Å². The van der Waals surface area contributed by atoms with E-state index in [1.54, 1.807) is 29.8 Å². The number of anilines is 2. The topological polar surface area (TPSA) is 128 Å². The number of nitrogens with zero attached hydrogens (tertiary/aromatic N) is 2. The van der Waals surface area contributed by atoms with Crippen LogP contribution in [-0.2, 0) is 4.79 Å². The molecule has 2 aromatic rings. The summed E-state index contributed by atoms with van der Waals surface area (Å²) in [5.74, 6) is 1.61. The highest BCUT2D eigenvalue weighted by Crippen LogP contribution is 2.39. The number of hydrogen-bond donors (Lipinski definition) is 4. The Morgan fingerprint density at radius 2 is 1.84 bits per heavy atom. The summed E-state index contributed by atoms with van der Waals surface area (Å²) in [7, 11) is 4.50. The Labute approximate surface area is 180 Å². The van der Waals surface area contributed by atoms with Gasteiger partial charge in [-0.1, -0.05) is 6.92 Å². The molecule has 168 valence electrons. The van der Waals surface area contributed by atoms with Crippen molar-refractivity contribution in [3.05, 3.63) is 23.9 Å². The van der Waals surface area contributed by atoms with Crippen LogP contribution < -0.4 is 35.5 Å². The zero-order valence-corrected chi connectivity index (χ0v) is 18.2. The highest BCUT2D eigenvalue weighted by Gasteiger charge is 2.28. The second-order valence-corrected chi connectivity index (χ2v) is 7.05. The molecule has 4 N–H and O–H groups in total. The van der Waals surface area contributed by atoms with Crippen LogP contribution in [0, 0.1) is 6.92 Å². The van der Waals surface area contributed by atoms with Gasteiger partial charge in [0, 0.05) is 30.7 Å². The Hall–Kier alpha value is -3.47. The summed E-state index contributed by atoms with van der Waals surface area (Å²) in [6, 6.07) is 4.50. The number of methoxy groups -OCH3 is 3. The van der Waals surface area contributed by atoms with E-state index in [4.69, 9.17) is 14.2 Å². The number of rotatable bonds is 7. The molecule has 2 atom stereocenters. The fraction of sp³-hybridized carbons (Fsp3) is 0.450. The second kappa shape index (κ2) is 9.56. The molecule has 1 aromatic heterocycles. The fourth-order valence-corrected chi connectivity index (χ4v) is 3.39. The number of nitrogens with one attached hydrogen (secondary N) is 4. The molecule has 2 unspecified atom stereocenters. The predicted molar refractivity (Wildman–Crippen MR) is 115 cm³/mol. The summed E-state index contributed by atoms with van der Waals surface area (Å²) in [6.07, 6.45) is 0.642. The SMILES string of the molecule is CCC1CC(=O)NC(n2nc(C)cc2NC(=O)Nc2cc(OC)c(OC)c(OC)c2)N1. The smallest absolute Gasteiger partial charge is 0.324 e. The van der Waals surface area contributed by atoms with Crippen LogP contribution in [0.15, 0.2) is 18.2 Å². The lowest BCUT2D eigenvalue weighted by Crippen LogP contribution is -2.53. The van der Waals surface area contributed by atoms with E-state index in [1.165, 1.54) is 21.3 Å². The number of carbonyl (C=O) groups is 2. The number of ether oxygens (including phenoxy) is 3. The summed E-state index contributed by atoms with van der Waals surface area (Å²) in [5, 5.41) is 16.1. The summed E-state index contributed by atoms with van der Waals surface area (Å²) in [6.45, 7) is 3.81. The summed E-state index contributed by atoms with van der Waals surface area (Å²) in [4.78, 5) is 24.7. The molecule has 1 aliphatic rings. The first kappa shape index (κ1) is 22.2. The molecule has 11 nitrogen and oxygen atoms in total. The molecule has 1 saturated heterocycles. The van der Waals surface area contributed by atoms with E-state index in [9.17, 15) is 9.59 Å². The van der Waals surface area contributed by atoms with Gasteiger partial charge in [0.25, 0.3) is 0 Å². The van der Waals surface area contributed by atoms with Crippen molar-refractivity contribution in [2.24, 2.45) is 0 Å². The van der Waals surface area contributed by atoms with Gasteiger partial charge >= 0.3 is 6.03 Å². The van der Waals surface area contributed by atoms with E-state index in [1.807, 2.05) is 6.92 Å². The molecule has 0 aliphatic carbocycles. The van der Waals surface area contributed by atoms with Gasteiger partial charge in [-0.25, -0.2) is 9.48 Å². The predicted octanol–water partition coefficient (Wildman–Crippen LogP) is 2.21. The van der Waals surface area contributed by atoms with Crippen molar-refractivity contribution in [1.82, 2.24) is 20.4 Å². The Bertz CT molecular complexity index is 935. The first-order valence-corrected chi connectivity index (χ1v) is 9.88. The first-order valence-electron chi connectivity index (χ1n) is 9.88. The van der Waals surface area contributed by atoms with Crippen molar-refractivity contribution in [2.45, 2.75) is 39.0 Å². The number of hydrogen-bond acceptors (Lipinski definition) is 7. The minimum absolute atomic E-state index is 0.0316. The van der Waals surface area contributed by atoms with E-state index >= 15 is 0 Å². The third kappa shape index (κ3) is 5.00. The number of urea groups is 1. The van der Waals surface area contributed by atoms with E-state index in [-0.39, 0.29) is 11.9 Å². The molecule has 0 saturated carbocycles. The van der Waals surface area contributed by atoms with Crippen molar-refractivity contribution in [2.75, 3.05) is 32.0 Å². The molecule has 0 spiro atoms. The van der Waals surface area contributed by atoms with Gasteiger partial charge in [-0.05, 0) is 13.3 Å². The minimum atomic E-state index is -0.559. The number of aryl methyl sites for hydroxylation is 1. The molecular formula is C20H28N6O5. The fourth-order valence-electron chi connectivity index (χ4n) is 3.39. The number of carbonyl (C=O) groups excluding carboxylic acids is 2. The molecule has 1 aromatic carbocycles. The molecule has 11 heteroatoms. The van der Waals surface area contributed by atoms with Crippen LogP contribution >= 0.6 is 0 Å². The van der Waals surface area contributed by atoms with E-state index in [0.717, 1.165) is 6.42 Å². The van der Waals surface area contributed by atoms with Crippen molar-refractivity contribution in [1.29, 1.82) is 0 Å².